The van der Waals surface area contributed by atoms with Crippen LogP contribution in [0.4, 0.5) is 0 Å². The van der Waals surface area contributed by atoms with E-state index in [0.717, 1.165) is 11.1 Å². The van der Waals surface area contributed by atoms with Crippen molar-refractivity contribution in [2.24, 2.45) is 0 Å². The minimum absolute atomic E-state index is 0. The second kappa shape index (κ2) is 6.45. The summed E-state index contributed by atoms with van der Waals surface area (Å²) in [6.07, 6.45) is 6.89. The predicted molar refractivity (Wildman–Crippen MR) is 44.6 cm³/mol. The molecule has 0 aliphatic rings. The van der Waals surface area contributed by atoms with Gasteiger partial charge in [0.25, 0.3) is 0 Å². The van der Waals surface area contributed by atoms with Crippen LogP contribution < -0.4 is 10.2 Å². The van der Waals surface area contributed by atoms with Gasteiger partial charge in [-0.15, -0.1) is 0 Å². The fraction of sp³-hybridized carbons (Fsp3) is 0.250. The summed E-state index contributed by atoms with van der Waals surface area (Å²) in [4.78, 5) is 0. The van der Waals surface area contributed by atoms with E-state index in [0.29, 0.717) is 0 Å². The summed E-state index contributed by atoms with van der Waals surface area (Å²) in [7, 11) is 0. The molecule has 0 fully saturated rings. The molecule has 0 saturated heterocycles. The van der Waals surface area contributed by atoms with Gasteiger partial charge in [-0.3, -0.25) is 0 Å². The van der Waals surface area contributed by atoms with Crippen molar-refractivity contribution in [1.29, 1.82) is 0 Å². The van der Waals surface area contributed by atoms with Crippen LogP contribution >= 0.6 is 0 Å². The second-order valence-corrected chi connectivity index (χ2v) is 2.47. The molecule has 4 nitrogen and oxygen atoms in total. The van der Waals surface area contributed by atoms with Crippen molar-refractivity contribution < 1.29 is 17.1 Å². The zero-order valence-corrected chi connectivity index (χ0v) is 8.34. The maximum absolute atomic E-state index is 3.57. The smallest absolute Gasteiger partial charge is 0.582 e. The van der Waals surface area contributed by atoms with E-state index in [-0.39, 0.29) is 17.1 Å². The van der Waals surface area contributed by atoms with Gasteiger partial charge in [-0.25, -0.2) is 0 Å². The van der Waals surface area contributed by atoms with Crippen LogP contribution in [0.15, 0.2) is 24.8 Å². The second-order valence-electron chi connectivity index (χ2n) is 2.47. The van der Waals surface area contributed by atoms with Gasteiger partial charge in [-0.2, -0.15) is 12.4 Å². The third kappa shape index (κ3) is 5.22. The van der Waals surface area contributed by atoms with Crippen LogP contribution in [-0.2, 0) is 17.1 Å². The van der Waals surface area contributed by atoms with Crippen LogP contribution in [0.3, 0.4) is 0 Å². The summed E-state index contributed by atoms with van der Waals surface area (Å²) in [5.74, 6) is 0. The Kier molecular flexibility index (Phi) is 5.93. The van der Waals surface area contributed by atoms with E-state index in [1.807, 2.05) is 13.8 Å². The van der Waals surface area contributed by atoms with E-state index >= 15 is 0 Å². The molecule has 0 unspecified atom stereocenters. The van der Waals surface area contributed by atoms with Gasteiger partial charge in [0.1, 0.15) is 0 Å². The van der Waals surface area contributed by atoms with E-state index in [2.05, 4.69) is 20.4 Å². The molecule has 0 aromatic carbocycles. The van der Waals surface area contributed by atoms with Gasteiger partial charge in [0.2, 0.25) is 0 Å². The summed E-state index contributed by atoms with van der Waals surface area (Å²) >= 11 is 0. The van der Waals surface area contributed by atoms with Crippen molar-refractivity contribution in [1.82, 2.24) is 20.4 Å². The monoisotopic (exact) mass is 225 g/mol. The van der Waals surface area contributed by atoms with Gasteiger partial charge in [-0.05, 0) is 13.8 Å². The minimum Gasteiger partial charge on any atom is -0.582 e. The number of nitrogens with zero attached hydrogens (tertiary/aromatic N) is 4. The topological polar surface area (TPSA) is 54.0 Å². The molecule has 0 aliphatic heterocycles. The Morgan fingerprint density at radius 3 is 1.38 bits per heavy atom. The van der Waals surface area contributed by atoms with Crippen LogP contribution in [-0.4, -0.2) is 10.2 Å². The number of aromatic nitrogens is 4. The fourth-order valence-electron chi connectivity index (χ4n) is 0.564. The zero-order chi connectivity index (χ0) is 8.81. The molecule has 73 valence electrons. The molecule has 2 rings (SSSR count). The molecular formula is C8H10CuN4. The molecule has 5 heteroatoms. The standard InChI is InChI=1S/2C4H5N2.Cu/c2*1-4-2-5-6-3-4;/h2*2-3H,1H3;/q2*-1;+2. The molecule has 0 spiro atoms. The summed E-state index contributed by atoms with van der Waals surface area (Å²) in [6.45, 7) is 3.92. The van der Waals surface area contributed by atoms with Gasteiger partial charge >= 0.3 is 17.1 Å². The molecule has 0 amide bonds. The van der Waals surface area contributed by atoms with Crippen molar-refractivity contribution in [2.45, 2.75) is 13.8 Å². The van der Waals surface area contributed by atoms with Gasteiger partial charge in [0.05, 0.1) is 0 Å². The maximum atomic E-state index is 3.57. The van der Waals surface area contributed by atoms with Crippen LogP contribution in [0.2, 0.25) is 0 Å². The van der Waals surface area contributed by atoms with Crippen LogP contribution in [0.1, 0.15) is 11.1 Å². The minimum atomic E-state index is 0. The summed E-state index contributed by atoms with van der Waals surface area (Å²) in [5.41, 5.74) is 2.24. The number of rotatable bonds is 0. The third-order valence-corrected chi connectivity index (χ3v) is 1.18. The van der Waals surface area contributed by atoms with E-state index in [4.69, 9.17) is 0 Å². The molecule has 13 heavy (non-hydrogen) atoms. The number of hydrogen-bond acceptors (Lipinski definition) is 2. The maximum Gasteiger partial charge on any atom is 2.00 e. The van der Waals surface area contributed by atoms with Crippen molar-refractivity contribution in [3.05, 3.63) is 35.9 Å². The van der Waals surface area contributed by atoms with Gasteiger partial charge in [0, 0.05) is 12.4 Å². The first-order chi connectivity index (χ1) is 5.79. The van der Waals surface area contributed by atoms with Crippen LogP contribution in [0, 0.1) is 13.8 Å². The first-order valence-electron chi connectivity index (χ1n) is 3.59. The molecule has 1 radical (unpaired) electrons. The molecule has 0 N–H and O–H groups in total. The normalized spacial score (nSPS) is 8.15. The Hall–Kier alpha value is -1.06. The van der Waals surface area contributed by atoms with E-state index < -0.39 is 0 Å². The molecule has 0 bridgehead atoms. The van der Waals surface area contributed by atoms with E-state index in [9.17, 15) is 0 Å². The summed E-state index contributed by atoms with van der Waals surface area (Å²) in [5, 5.41) is 14.3. The average molecular weight is 226 g/mol. The first-order valence-corrected chi connectivity index (χ1v) is 3.59. The largest absolute Gasteiger partial charge is 2.00 e. The van der Waals surface area contributed by atoms with Crippen molar-refractivity contribution in [3.8, 4) is 0 Å². The van der Waals surface area contributed by atoms with Gasteiger partial charge < -0.3 is 20.4 Å². The van der Waals surface area contributed by atoms with Gasteiger partial charge in [0.15, 0.2) is 0 Å². The third-order valence-electron chi connectivity index (χ3n) is 1.18. The average Bonchev–Trinajstić information content (AvgIpc) is 2.63. The Bertz CT molecular complexity index is 256. The van der Waals surface area contributed by atoms with Gasteiger partial charge in [-0.1, -0.05) is 11.1 Å². The molecule has 0 atom stereocenters. The molecule has 2 aromatic rings. The Morgan fingerprint density at radius 2 is 1.31 bits per heavy atom. The molecule has 2 aromatic heterocycles. The van der Waals surface area contributed by atoms with E-state index in [1.54, 1.807) is 24.8 Å². The van der Waals surface area contributed by atoms with Crippen LogP contribution in [0.25, 0.3) is 0 Å². The predicted octanol–water partition coefficient (Wildman–Crippen LogP) is 0.692. The van der Waals surface area contributed by atoms with E-state index in [1.165, 1.54) is 0 Å². The number of aryl methyl sites for hydroxylation is 2. The molecule has 0 saturated carbocycles. The van der Waals surface area contributed by atoms with Crippen molar-refractivity contribution in [3.63, 3.8) is 0 Å². The first kappa shape index (κ1) is 11.9. The molecular weight excluding hydrogens is 216 g/mol. The Morgan fingerprint density at radius 1 is 0.923 bits per heavy atom. The SMILES string of the molecule is Cc1cn[n-]c1.Cc1cn[n-]c1.[Cu+2]. The summed E-state index contributed by atoms with van der Waals surface area (Å²) < 4.78 is 0. The Balaban J connectivity index is 0.000000206. The zero-order valence-electron chi connectivity index (χ0n) is 7.40. The summed E-state index contributed by atoms with van der Waals surface area (Å²) in [6, 6.07) is 0. The molecule has 0 aliphatic carbocycles. The fourth-order valence-corrected chi connectivity index (χ4v) is 0.564. The number of hydrogen-bond donors (Lipinski definition) is 0. The van der Waals surface area contributed by atoms with Crippen molar-refractivity contribution in [2.75, 3.05) is 0 Å². The van der Waals surface area contributed by atoms with Crippen LogP contribution in [0.5, 0.6) is 0 Å². The Labute approximate surface area is 87.6 Å². The quantitative estimate of drug-likeness (QED) is 0.620. The molecule has 2 heterocycles. The van der Waals surface area contributed by atoms with Crippen molar-refractivity contribution >= 4 is 0 Å².